The lowest BCUT2D eigenvalue weighted by atomic mass is 10.1. The first-order valence-electron chi connectivity index (χ1n) is 4.70. The lowest BCUT2D eigenvalue weighted by Crippen LogP contribution is -2.38. The Morgan fingerprint density at radius 3 is 1.77 bits per heavy atom. The fraction of sp³-hybridized carbons (Fsp3) is 1.00. The molecule has 1 atom stereocenters. The first-order valence-corrected chi connectivity index (χ1v) is 4.70. The highest BCUT2D eigenvalue weighted by Crippen LogP contribution is 2.34. The zero-order valence-electron chi connectivity index (χ0n) is 8.78. The monoisotopic (exact) mass is 198 g/mol. The summed E-state index contributed by atoms with van der Waals surface area (Å²) in [6, 6.07) is 0. The molecule has 1 heterocycles. The number of halogens is 3. The highest BCUT2D eigenvalue weighted by atomic mass is 19.4. The zero-order valence-corrected chi connectivity index (χ0v) is 8.78. The van der Waals surface area contributed by atoms with E-state index in [4.69, 9.17) is 0 Å². The molecule has 0 saturated carbocycles. The molecule has 0 aliphatic carbocycles. The van der Waals surface area contributed by atoms with E-state index in [0.717, 1.165) is 0 Å². The van der Waals surface area contributed by atoms with Gasteiger partial charge in [-0.1, -0.05) is 13.8 Å². The zero-order chi connectivity index (χ0) is 10.7. The van der Waals surface area contributed by atoms with Crippen molar-refractivity contribution in [2.45, 2.75) is 26.4 Å². The van der Waals surface area contributed by atoms with Crippen LogP contribution in [0.25, 0.3) is 0 Å². The molecular weight excluding hydrogens is 179 g/mol. The van der Waals surface area contributed by atoms with Crippen LogP contribution in [0.2, 0.25) is 0 Å². The predicted octanol–water partition coefficient (Wildman–Crippen LogP) is 2.67. The first-order chi connectivity index (χ1) is 5.81. The second-order valence-electron chi connectivity index (χ2n) is 3.87. The molecule has 1 nitrogen and oxygen atoms in total. The largest absolute Gasteiger partial charge is 0.397 e. The Bertz CT molecular complexity index is 151. The molecule has 0 spiro atoms. The molecule has 1 saturated heterocycles. The summed E-state index contributed by atoms with van der Waals surface area (Å²) in [4.78, 5) is 0. The van der Waals surface area contributed by atoms with Gasteiger partial charge in [0.25, 0.3) is 0 Å². The van der Waals surface area contributed by atoms with Crippen LogP contribution in [0.1, 0.15) is 20.3 Å². The van der Waals surface area contributed by atoms with Crippen molar-refractivity contribution < 1.29 is 17.7 Å². The fourth-order valence-corrected chi connectivity index (χ4v) is 1.55. The summed E-state index contributed by atoms with van der Waals surface area (Å²) in [6.07, 6.45) is -3.69. The highest BCUT2D eigenvalue weighted by molar-refractivity contribution is 4.71. The molecule has 1 fully saturated rings. The normalized spacial score (nSPS) is 26.5. The van der Waals surface area contributed by atoms with Crippen molar-refractivity contribution in [3.05, 3.63) is 0 Å². The lowest BCUT2D eigenvalue weighted by Gasteiger charge is -2.23. The molecule has 80 valence electrons. The van der Waals surface area contributed by atoms with Gasteiger partial charge in [-0.3, -0.25) is 0 Å². The second kappa shape index (κ2) is 4.31. The summed E-state index contributed by atoms with van der Waals surface area (Å²) in [6.45, 7) is 4.88. The Balaban J connectivity index is 0.000000671. The molecule has 1 aliphatic rings. The number of likely N-dealkylation sites (tertiary alicyclic amines) is 1. The third-order valence-electron chi connectivity index (χ3n) is 2.26. The molecule has 1 unspecified atom stereocenters. The second-order valence-corrected chi connectivity index (χ2v) is 3.87. The number of nitrogens with zero attached hydrogens (tertiary/aromatic N) is 1. The molecule has 13 heavy (non-hydrogen) atoms. The maximum absolute atomic E-state index is 12.1. The SMILES string of the molecule is CC.C[N+]1(C)CCC(C(F)(F)F)C1. The highest BCUT2D eigenvalue weighted by Gasteiger charge is 2.47. The van der Waals surface area contributed by atoms with Crippen LogP contribution < -0.4 is 0 Å². The van der Waals surface area contributed by atoms with E-state index in [1.807, 2.05) is 27.9 Å². The van der Waals surface area contributed by atoms with Crippen LogP contribution in [0.3, 0.4) is 0 Å². The Labute approximate surface area is 78.1 Å². The Kier molecular flexibility index (Phi) is 4.23. The summed E-state index contributed by atoms with van der Waals surface area (Å²) in [5, 5.41) is 0. The van der Waals surface area contributed by atoms with Gasteiger partial charge in [0.1, 0.15) is 5.92 Å². The van der Waals surface area contributed by atoms with Crippen molar-refractivity contribution >= 4 is 0 Å². The first kappa shape index (κ1) is 12.8. The third-order valence-corrected chi connectivity index (χ3v) is 2.26. The Hall–Kier alpha value is -0.250. The van der Waals surface area contributed by atoms with E-state index in [9.17, 15) is 13.2 Å². The summed E-state index contributed by atoms with van der Waals surface area (Å²) < 4.78 is 36.8. The summed E-state index contributed by atoms with van der Waals surface area (Å²) in [7, 11) is 3.68. The Morgan fingerprint density at radius 2 is 1.62 bits per heavy atom. The number of alkyl halides is 3. The quantitative estimate of drug-likeness (QED) is 0.525. The summed E-state index contributed by atoms with van der Waals surface area (Å²) >= 11 is 0. The molecule has 4 heteroatoms. The maximum Gasteiger partial charge on any atom is 0.397 e. The van der Waals surface area contributed by atoms with Gasteiger partial charge in [-0.15, -0.1) is 0 Å². The van der Waals surface area contributed by atoms with Crippen LogP contribution in [-0.4, -0.2) is 37.8 Å². The smallest absolute Gasteiger partial charge is 0.328 e. The van der Waals surface area contributed by atoms with Crippen LogP contribution in [0, 0.1) is 5.92 Å². The van der Waals surface area contributed by atoms with Gasteiger partial charge >= 0.3 is 6.18 Å². The van der Waals surface area contributed by atoms with Gasteiger partial charge in [-0.2, -0.15) is 13.2 Å². The number of hydrogen-bond acceptors (Lipinski definition) is 0. The van der Waals surface area contributed by atoms with E-state index in [1.54, 1.807) is 0 Å². The van der Waals surface area contributed by atoms with Crippen molar-refractivity contribution in [1.82, 2.24) is 0 Å². The van der Waals surface area contributed by atoms with Gasteiger partial charge in [-0.05, 0) is 0 Å². The van der Waals surface area contributed by atoms with E-state index in [-0.39, 0.29) is 13.0 Å². The van der Waals surface area contributed by atoms with E-state index >= 15 is 0 Å². The van der Waals surface area contributed by atoms with Crippen molar-refractivity contribution in [2.75, 3.05) is 27.2 Å². The fourth-order valence-electron chi connectivity index (χ4n) is 1.55. The minimum atomic E-state index is -3.98. The number of rotatable bonds is 0. The average Bonchev–Trinajstić information content (AvgIpc) is 2.33. The van der Waals surface area contributed by atoms with Crippen LogP contribution in [-0.2, 0) is 0 Å². The average molecular weight is 198 g/mol. The molecule has 1 rings (SSSR count). The van der Waals surface area contributed by atoms with E-state index in [1.165, 1.54) is 0 Å². The minimum Gasteiger partial charge on any atom is -0.328 e. The molecule has 1 aliphatic heterocycles. The molecule has 0 N–H and O–H groups in total. The minimum absolute atomic E-state index is 0.240. The number of quaternary nitrogens is 1. The van der Waals surface area contributed by atoms with Crippen LogP contribution in [0.15, 0.2) is 0 Å². The molecule has 0 aromatic heterocycles. The van der Waals surface area contributed by atoms with Crippen molar-refractivity contribution in [3.63, 3.8) is 0 Å². The van der Waals surface area contributed by atoms with Gasteiger partial charge in [0.05, 0.1) is 27.2 Å². The third kappa shape index (κ3) is 3.98. The molecule has 0 aromatic carbocycles. The molecular formula is C9H19F3N+. The van der Waals surface area contributed by atoms with E-state index in [0.29, 0.717) is 11.0 Å². The van der Waals surface area contributed by atoms with E-state index in [2.05, 4.69) is 0 Å². The van der Waals surface area contributed by atoms with E-state index < -0.39 is 12.1 Å². The lowest BCUT2D eigenvalue weighted by molar-refractivity contribution is -0.880. The molecule has 0 bridgehead atoms. The summed E-state index contributed by atoms with van der Waals surface area (Å²) in [5.41, 5.74) is 0. The van der Waals surface area contributed by atoms with Gasteiger partial charge in [0, 0.05) is 6.42 Å². The van der Waals surface area contributed by atoms with Gasteiger partial charge in [0.2, 0.25) is 0 Å². The standard InChI is InChI=1S/C7H13F3N.C2H6/c1-11(2)4-3-6(5-11)7(8,9)10;1-2/h6H,3-5H2,1-2H3;1-2H3/q+1;. The topological polar surface area (TPSA) is 0 Å². The van der Waals surface area contributed by atoms with Gasteiger partial charge in [-0.25, -0.2) is 0 Å². The van der Waals surface area contributed by atoms with Gasteiger partial charge in [0.15, 0.2) is 0 Å². The van der Waals surface area contributed by atoms with Crippen molar-refractivity contribution in [3.8, 4) is 0 Å². The molecule has 0 radical (unpaired) electrons. The number of hydrogen-bond donors (Lipinski definition) is 0. The predicted molar refractivity (Wildman–Crippen MR) is 47.4 cm³/mol. The van der Waals surface area contributed by atoms with Crippen molar-refractivity contribution in [1.29, 1.82) is 0 Å². The maximum atomic E-state index is 12.1. The molecule has 0 aromatic rings. The van der Waals surface area contributed by atoms with Crippen molar-refractivity contribution in [2.24, 2.45) is 5.92 Å². The van der Waals surface area contributed by atoms with Crippen LogP contribution in [0.4, 0.5) is 13.2 Å². The Morgan fingerprint density at radius 1 is 1.15 bits per heavy atom. The molecule has 0 amide bonds. The van der Waals surface area contributed by atoms with Crippen LogP contribution >= 0.6 is 0 Å². The summed E-state index contributed by atoms with van der Waals surface area (Å²) in [5.74, 6) is -1.07. The van der Waals surface area contributed by atoms with Crippen LogP contribution in [0.5, 0.6) is 0 Å². The van der Waals surface area contributed by atoms with Gasteiger partial charge < -0.3 is 4.48 Å².